The van der Waals surface area contributed by atoms with Crippen LogP contribution in [0.4, 0.5) is 11.4 Å². The lowest BCUT2D eigenvalue weighted by atomic mass is 10.1. The van der Waals surface area contributed by atoms with Crippen LogP contribution in [0.1, 0.15) is 10.4 Å². The molecule has 7 heteroatoms. The summed E-state index contributed by atoms with van der Waals surface area (Å²) in [4.78, 5) is 15.5. The highest BCUT2D eigenvalue weighted by Gasteiger charge is 2.10. The van der Waals surface area contributed by atoms with E-state index in [0.717, 1.165) is 22.1 Å². The number of rotatable bonds is 6. The van der Waals surface area contributed by atoms with E-state index in [0.29, 0.717) is 15.7 Å². The first-order chi connectivity index (χ1) is 12.9. The molecule has 1 heterocycles. The molecule has 140 valence electrons. The molecule has 3 nitrogen and oxygen atoms in total. The van der Waals surface area contributed by atoms with Gasteiger partial charge >= 0.3 is 0 Å². The van der Waals surface area contributed by atoms with E-state index in [1.807, 2.05) is 49.5 Å². The summed E-state index contributed by atoms with van der Waals surface area (Å²) in [6.07, 6.45) is 0.258. The molecular formula is C20H17Cl3N2OS. The summed E-state index contributed by atoms with van der Waals surface area (Å²) < 4.78 is 0.773. The Hall–Kier alpha value is -1.72. The zero-order chi connectivity index (χ0) is 19.4. The van der Waals surface area contributed by atoms with E-state index in [4.69, 9.17) is 34.8 Å². The number of amides is 1. The number of hydrogen-bond acceptors (Lipinski definition) is 3. The van der Waals surface area contributed by atoms with Gasteiger partial charge in [-0.1, -0.05) is 46.9 Å². The van der Waals surface area contributed by atoms with Crippen molar-refractivity contribution in [2.24, 2.45) is 0 Å². The Morgan fingerprint density at radius 1 is 1.04 bits per heavy atom. The fourth-order valence-corrected chi connectivity index (χ4v) is 4.08. The van der Waals surface area contributed by atoms with Crippen LogP contribution in [-0.4, -0.2) is 13.0 Å². The van der Waals surface area contributed by atoms with Crippen molar-refractivity contribution in [3.8, 4) is 0 Å². The molecule has 0 spiro atoms. The molecule has 1 N–H and O–H groups in total. The summed E-state index contributed by atoms with van der Waals surface area (Å²) in [7, 11) is 1.98. The Bertz CT molecular complexity index is 941. The lowest BCUT2D eigenvalue weighted by Crippen LogP contribution is -2.17. The normalized spacial score (nSPS) is 10.7. The number of carbonyl (C=O) groups is 1. The van der Waals surface area contributed by atoms with Crippen molar-refractivity contribution < 1.29 is 4.79 Å². The zero-order valence-corrected chi connectivity index (χ0v) is 17.6. The van der Waals surface area contributed by atoms with Gasteiger partial charge in [-0.2, -0.15) is 0 Å². The van der Waals surface area contributed by atoms with Crippen LogP contribution < -0.4 is 10.2 Å². The molecule has 0 fully saturated rings. The number of benzene rings is 2. The molecular weight excluding hydrogens is 423 g/mol. The molecule has 0 aliphatic carbocycles. The van der Waals surface area contributed by atoms with Crippen LogP contribution in [0.25, 0.3) is 0 Å². The third-order valence-electron chi connectivity index (χ3n) is 3.97. The largest absolute Gasteiger partial charge is 0.369 e. The van der Waals surface area contributed by atoms with E-state index in [-0.39, 0.29) is 12.3 Å². The van der Waals surface area contributed by atoms with Crippen molar-refractivity contribution >= 4 is 63.4 Å². The minimum atomic E-state index is -0.131. The molecule has 2 aromatic carbocycles. The van der Waals surface area contributed by atoms with Crippen LogP contribution in [0, 0.1) is 0 Å². The summed E-state index contributed by atoms with van der Waals surface area (Å²) >= 11 is 19.8. The van der Waals surface area contributed by atoms with Gasteiger partial charge in [-0.3, -0.25) is 4.79 Å². The van der Waals surface area contributed by atoms with Gasteiger partial charge in [0.1, 0.15) is 0 Å². The summed E-state index contributed by atoms with van der Waals surface area (Å²) in [5.41, 5.74) is 2.44. The minimum Gasteiger partial charge on any atom is -0.369 e. The number of anilines is 2. The maximum atomic E-state index is 12.3. The number of hydrogen-bond donors (Lipinski definition) is 1. The second kappa shape index (κ2) is 8.98. The van der Waals surface area contributed by atoms with Crippen LogP contribution in [0.15, 0.2) is 54.6 Å². The van der Waals surface area contributed by atoms with Crippen LogP contribution in [0.3, 0.4) is 0 Å². The highest BCUT2D eigenvalue weighted by atomic mass is 35.5. The molecule has 3 aromatic rings. The van der Waals surface area contributed by atoms with Gasteiger partial charge in [0.15, 0.2) is 0 Å². The van der Waals surface area contributed by atoms with Gasteiger partial charge in [0.2, 0.25) is 5.91 Å². The predicted molar refractivity (Wildman–Crippen MR) is 117 cm³/mol. The molecule has 0 bridgehead atoms. The molecule has 0 aliphatic rings. The summed E-state index contributed by atoms with van der Waals surface area (Å²) in [5.74, 6) is -0.131. The van der Waals surface area contributed by atoms with E-state index >= 15 is 0 Å². The molecule has 0 saturated heterocycles. The molecule has 0 saturated carbocycles. The molecule has 0 aliphatic heterocycles. The Morgan fingerprint density at radius 3 is 2.41 bits per heavy atom. The van der Waals surface area contributed by atoms with Gasteiger partial charge in [0, 0.05) is 22.6 Å². The average Bonchev–Trinajstić information content (AvgIpc) is 3.03. The first kappa shape index (κ1) is 20.0. The van der Waals surface area contributed by atoms with Crippen molar-refractivity contribution in [3.63, 3.8) is 0 Å². The van der Waals surface area contributed by atoms with Crippen molar-refractivity contribution in [2.75, 3.05) is 17.3 Å². The number of nitrogens with zero attached hydrogens (tertiary/aromatic N) is 1. The average molecular weight is 440 g/mol. The predicted octanol–water partition coefficient (Wildman–Crippen LogP) is 6.53. The number of nitrogens with one attached hydrogen (secondary N) is 1. The maximum absolute atomic E-state index is 12.3. The lowest BCUT2D eigenvalue weighted by Gasteiger charge is -2.19. The number of halogens is 3. The van der Waals surface area contributed by atoms with E-state index in [9.17, 15) is 4.79 Å². The third-order valence-corrected chi connectivity index (χ3v) is 5.75. The van der Waals surface area contributed by atoms with Crippen molar-refractivity contribution in [1.82, 2.24) is 0 Å². The van der Waals surface area contributed by atoms with Crippen LogP contribution >= 0.6 is 46.1 Å². The van der Waals surface area contributed by atoms with E-state index in [1.54, 1.807) is 23.5 Å². The molecule has 0 atom stereocenters. The fraction of sp³-hybridized carbons (Fsp3) is 0.150. The van der Waals surface area contributed by atoms with Crippen molar-refractivity contribution in [2.45, 2.75) is 13.0 Å². The van der Waals surface area contributed by atoms with Crippen LogP contribution in [-0.2, 0) is 17.8 Å². The Kier molecular flexibility index (Phi) is 6.66. The summed E-state index contributed by atoms with van der Waals surface area (Å²) in [6, 6.07) is 16.7. The van der Waals surface area contributed by atoms with E-state index < -0.39 is 0 Å². The quantitative estimate of drug-likeness (QED) is 0.474. The van der Waals surface area contributed by atoms with E-state index in [2.05, 4.69) is 10.2 Å². The van der Waals surface area contributed by atoms with Gasteiger partial charge in [0.05, 0.1) is 28.0 Å². The zero-order valence-electron chi connectivity index (χ0n) is 14.5. The highest BCUT2D eigenvalue weighted by Crippen LogP contribution is 2.29. The number of carbonyl (C=O) groups excluding carboxylic acids is 1. The molecule has 1 amide bonds. The first-order valence-corrected chi connectivity index (χ1v) is 10.1. The molecule has 27 heavy (non-hydrogen) atoms. The maximum Gasteiger partial charge on any atom is 0.228 e. The standard InChI is InChI=1S/C20H17Cl3N2OS/c1-25(12-16-7-9-19(23)27-16)15-6-8-18(17(22)11-15)24-20(26)10-13-2-4-14(21)5-3-13/h2-9,11H,10,12H2,1H3,(H,24,26). The first-order valence-electron chi connectivity index (χ1n) is 8.20. The van der Waals surface area contributed by atoms with Gasteiger partial charge in [-0.15, -0.1) is 11.3 Å². The second-order valence-electron chi connectivity index (χ2n) is 6.08. The van der Waals surface area contributed by atoms with Crippen LogP contribution in [0.5, 0.6) is 0 Å². The fourth-order valence-electron chi connectivity index (χ4n) is 2.59. The monoisotopic (exact) mass is 438 g/mol. The Morgan fingerprint density at radius 2 is 1.78 bits per heavy atom. The van der Waals surface area contributed by atoms with Crippen LogP contribution in [0.2, 0.25) is 14.4 Å². The smallest absolute Gasteiger partial charge is 0.228 e. The SMILES string of the molecule is CN(Cc1ccc(Cl)s1)c1ccc(NC(=O)Cc2ccc(Cl)cc2)c(Cl)c1. The van der Waals surface area contributed by atoms with Gasteiger partial charge in [0.25, 0.3) is 0 Å². The highest BCUT2D eigenvalue weighted by molar-refractivity contribution is 7.16. The topological polar surface area (TPSA) is 32.3 Å². The summed E-state index contributed by atoms with van der Waals surface area (Å²) in [5, 5.41) is 3.99. The molecule has 3 rings (SSSR count). The molecule has 1 aromatic heterocycles. The number of thiophene rings is 1. The lowest BCUT2D eigenvalue weighted by molar-refractivity contribution is -0.115. The van der Waals surface area contributed by atoms with Gasteiger partial charge in [-0.25, -0.2) is 0 Å². The van der Waals surface area contributed by atoms with Gasteiger partial charge < -0.3 is 10.2 Å². The van der Waals surface area contributed by atoms with Gasteiger partial charge in [-0.05, 0) is 48.0 Å². The van der Waals surface area contributed by atoms with Crippen molar-refractivity contribution in [1.29, 1.82) is 0 Å². The Balaban J connectivity index is 1.63. The Labute approximate surface area is 177 Å². The molecule has 0 unspecified atom stereocenters. The summed E-state index contributed by atoms with van der Waals surface area (Å²) in [6.45, 7) is 0.732. The minimum absolute atomic E-state index is 0.131. The van der Waals surface area contributed by atoms with E-state index in [1.165, 1.54) is 4.88 Å². The van der Waals surface area contributed by atoms with Crippen molar-refractivity contribution in [3.05, 3.63) is 79.4 Å². The third kappa shape index (κ3) is 5.63. The second-order valence-corrected chi connectivity index (χ2v) is 8.72. The molecule has 0 radical (unpaired) electrons.